The molecule has 0 saturated heterocycles. The highest BCUT2D eigenvalue weighted by Gasteiger charge is 2.11. The number of nitrogens with one attached hydrogen (secondary N) is 1. The van der Waals surface area contributed by atoms with E-state index in [9.17, 15) is 4.79 Å². The number of carbonyl (C=O) groups is 1. The lowest BCUT2D eigenvalue weighted by molar-refractivity contribution is -0.122. The van der Waals surface area contributed by atoms with Crippen molar-refractivity contribution in [3.05, 3.63) is 0 Å². The molecule has 0 atom stereocenters. The Labute approximate surface area is 67.8 Å². The van der Waals surface area contributed by atoms with Crippen LogP contribution in [0, 0.1) is 5.41 Å². The van der Waals surface area contributed by atoms with Gasteiger partial charge in [-0.05, 0) is 11.8 Å². The first-order valence-electron chi connectivity index (χ1n) is 3.83. The van der Waals surface area contributed by atoms with E-state index >= 15 is 0 Å². The highest BCUT2D eigenvalue weighted by molar-refractivity contribution is 5.75. The minimum Gasteiger partial charge on any atom is -0.377 e. The lowest BCUT2D eigenvalue weighted by Gasteiger charge is -2.16. The second-order valence-corrected chi connectivity index (χ2v) is 3.82. The molecule has 0 spiro atoms. The maximum atomic E-state index is 10.8. The molecule has 0 radical (unpaired) electrons. The standard InChI is InChI=1S/C8H17NO2/c1-8(2,3)5-4-7(11)9-6-10/h10H,4-6H2,1-3H3,(H,9,11). The van der Waals surface area contributed by atoms with Crippen LogP contribution >= 0.6 is 0 Å². The molecule has 0 aliphatic carbocycles. The van der Waals surface area contributed by atoms with E-state index in [0.29, 0.717) is 6.42 Å². The normalized spacial score (nSPS) is 11.3. The molecule has 1 amide bonds. The van der Waals surface area contributed by atoms with Crippen molar-refractivity contribution in [1.82, 2.24) is 5.32 Å². The molecule has 3 heteroatoms. The summed E-state index contributed by atoms with van der Waals surface area (Å²) in [4.78, 5) is 10.8. The largest absolute Gasteiger partial charge is 0.377 e. The highest BCUT2D eigenvalue weighted by Crippen LogP contribution is 2.19. The van der Waals surface area contributed by atoms with Gasteiger partial charge in [0.1, 0.15) is 6.73 Å². The van der Waals surface area contributed by atoms with Crippen LogP contribution in [-0.2, 0) is 4.79 Å². The van der Waals surface area contributed by atoms with Crippen LogP contribution in [0.25, 0.3) is 0 Å². The summed E-state index contributed by atoms with van der Waals surface area (Å²) in [6.07, 6.45) is 1.34. The molecule has 11 heavy (non-hydrogen) atoms. The van der Waals surface area contributed by atoms with Gasteiger partial charge in [0.25, 0.3) is 0 Å². The van der Waals surface area contributed by atoms with E-state index < -0.39 is 0 Å². The van der Waals surface area contributed by atoms with E-state index in [1.807, 2.05) is 0 Å². The number of hydrogen-bond donors (Lipinski definition) is 2. The molecule has 0 aromatic rings. The van der Waals surface area contributed by atoms with Crippen LogP contribution < -0.4 is 5.32 Å². The van der Waals surface area contributed by atoms with Gasteiger partial charge in [-0.3, -0.25) is 4.79 Å². The van der Waals surface area contributed by atoms with E-state index in [1.54, 1.807) is 0 Å². The van der Waals surface area contributed by atoms with Crippen molar-refractivity contribution >= 4 is 5.91 Å². The smallest absolute Gasteiger partial charge is 0.221 e. The van der Waals surface area contributed by atoms with Crippen LogP contribution in [0.15, 0.2) is 0 Å². The van der Waals surface area contributed by atoms with E-state index in [-0.39, 0.29) is 18.1 Å². The molecule has 3 nitrogen and oxygen atoms in total. The Morgan fingerprint density at radius 1 is 1.45 bits per heavy atom. The lowest BCUT2D eigenvalue weighted by atomic mass is 9.90. The third-order valence-corrected chi connectivity index (χ3v) is 1.38. The van der Waals surface area contributed by atoms with Gasteiger partial charge in [0.2, 0.25) is 5.91 Å². The predicted octanol–water partition coefficient (Wildman–Crippen LogP) is 0.879. The molecular formula is C8H17NO2. The van der Waals surface area contributed by atoms with E-state index in [1.165, 1.54) is 0 Å². The second kappa shape index (κ2) is 4.34. The number of rotatable bonds is 3. The van der Waals surface area contributed by atoms with Crippen LogP contribution in [-0.4, -0.2) is 17.7 Å². The van der Waals surface area contributed by atoms with Crippen LogP contribution in [0.2, 0.25) is 0 Å². The zero-order valence-corrected chi connectivity index (χ0v) is 7.48. The topological polar surface area (TPSA) is 49.3 Å². The van der Waals surface area contributed by atoms with Crippen LogP contribution in [0.4, 0.5) is 0 Å². The van der Waals surface area contributed by atoms with Gasteiger partial charge >= 0.3 is 0 Å². The molecule has 2 N–H and O–H groups in total. The molecule has 0 fully saturated rings. The van der Waals surface area contributed by atoms with Crippen molar-refractivity contribution in [2.75, 3.05) is 6.73 Å². The number of carbonyl (C=O) groups excluding carboxylic acids is 1. The lowest BCUT2D eigenvalue weighted by Crippen LogP contribution is -2.25. The minimum atomic E-state index is -0.261. The SMILES string of the molecule is CC(C)(C)CCC(=O)NCO. The fraction of sp³-hybridized carbons (Fsp3) is 0.875. The monoisotopic (exact) mass is 159 g/mol. The Bertz CT molecular complexity index is 127. The third-order valence-electron chi connectivity index (χ3n) is 1.38. The summed E-state index contributed by atoms with van der Waals surface area (Å²) >= 11 is 0. The van der Waals surface area contributed by atoms with Gasteiger partial charge < -0.3 is 10.4 Å². The van der Waals surface area contributed by atoms with Crippen molar-refractivity contribution in [1.29, 1.82) is 0 Å². The zero-order valence-electron chi connectivity index (χ0n) is 7.48. The van der Waals surface area contributed by atoms with Crippen molar-refractivity contribution < 1.29 is 9.90 Å². The molecule has 0 heterocycles. The fourth-order valence-electron chi connectivity index (χ4n) is 0.665. The Morgan fingerprint density at radius 3 is 2.36 bits per heavy atom. The molecule has 0 saturated carbocycles. The zero-order chi connectivity index (χ0) is 8.91. The molecule has 0 aliphatic heterocycles. The van der Waals surface area contributed by atoms with Gasteiger partial charge in [-0.15, -0.1) is 0 Å². The van der Waals surface area contributed by atoms with Gasteiger partial charge in [-0.1, -0.05) is 20.8 Å². The van der Waals surface area contributed by atoms with Crippen molar-refractivity contribution in [3.63, 3.8) is 0 Å². The molecule has 0 aromatic carbocycles. The van der Waals surface area contributed by atoms with Gasteiger partial charge in [-0.2, -0.15) is 0 Å². The Balaban J connectivity index is 3.46. The molecular weight excluding hydrogens is 142 g/mol. The van der Waals surface area contributed by atoms with Gasteiger partial charge in [0.05, 0.1) is 0 Å². The number of aliphatic hydroxyl groups is 1. The average molecular weight is 159 g/mol. The summed E-state index contributed by atoms with van der Waals surface area (Å²) in [5.74, 6) is -0.0811. The Morgan fingerprint density at radius 2 is 2.00 bits per heavy atom. The number of aliphatic hydroxyl groups excluding tert-OH is 1. The summed E-state index contributed by atoms with van der Waals surface area (Å²) in [5.41, 5.74) is 0.187. The van der Waals surface area contributed by atoms with Gasteiger partial charge in [0.15, 0.2) is 0 Å². The van der Waals surface area contributed by atoms with E-state index in [0.717, 1.165) is 6.42 Å². The van der Waals surface area contributed by atoms with Crippen molar-refractivity contribution in [2.45, 2.75) is 33.6 Å². The summed E-state index contributed by atoms with van der Waals surface area (Å²) in [6.45, 7) is 5.99. The maximum Gasteiger partial charge on any atom is 0.221 e. The first-order chi connectivity index (χ1) is 4.95. The molecule has 0 aromatic heterocycles. The minimum absolute atomic E-state index is 0.0811. The third kappa shape index (κ3) is 7.33. The highest BCUT2D eigenvalue weighted by atomic mass is 16.3. The molecule has 0 unspecified atom stereocenters. The predicted molar refractivity (Wildman–Crippen MR) is 43.9 cm³/mol. The van der Waals surface area contributed by atoms with Crippen LogP contribution in [0.1, 0.15) is 33.6 Å². The van der Waals surface area contributed by atoms with Crippen molar-refractivity contribution in [2.24, 2.45) is 5.41 Å². The quantitative estimate of drug-likeness (QED) is 0.600. The summed E-state index contributed by atoms with van der Waals surface area (Å²) in [7, 11) is 0. The second-order valence-electron chi connectivity index (χ2n) is 3.82. The van der Waals surface area contributed by atoms with Crippen LogP contribution in [0.5, 0.6) is 0 Å². The number of hydrogen-bond acceptors (Lipinski definition) is 2. The first-order valence-corrected chi connectivity index (χ1v) is 3.83. The van der Waals surface area contributed by atoms with Gasteiger partial charge in [-0.25, -0.2) is 0 Å². The number of amides is 1. The summed E-state index contributed by atoms with van der Waals surface area (Å²) < 4.78 is 0. The molecule has 0 bridgehead atoms. The van der Waals surface area contributed by atoms with Crippen molar-refractivity contribution in [3.8, 4) is 0 Å². The van der Waals surface area contributed by atoms with E-state index in [4.69, 9.17) is 5.11 Å². The van der Waals surface area contributed by atoms with Gasteiger partial charge in [0, 0.05) is 6.42 Å². The van der Waals surface area contributed by atoms with E-state index in [2.05, 4.69) is 26.1 Å². The summed E-state index contributed by atoms with van der Waals surface area (Å²) in [5, 5.41) is 10.7. The van der Waals surface area contributed by atoms with Crippen LogP contribution in [0.3, 0.4) is 0 Å². The molecule has 0 rings (SSSR count). The first kappa shape index (κ1) is 10.4. The molecule has 66 valence electrons. The fourth-order valence-corrected chi connectivity index (χ4v) is 0.665. The molecule has 0 aliphatic rings. The summed E-state index contributed by atoms with van der Waals surface area (Å²) in [6, 6.07) is 0. The Kier molecular flexibility index (Phi) is 4.11. The maximum absolute atomic E-state index is 10.8. The Hall–Kier alpha value is -0.570. The average Bonchev–Trinajstić information content (AvgIpc) is 1.83.